The molecular formula is C52H62N4O3. The summed E-state index contributed by atoms with van der Waals surface area (Å²) >= 11 is 0. The van der Waals surface area contributed by atoms with Gasteiger partial charge in [-0.2, -0.15) is 0 Å². The van der Waals surface area contributed by atoms with Crippen LogP contribution in [0.4, 0.5) is 0 Å². The Labute approximate surface area is 352 Å². The number of hydrogen-bond acceptors (Lipinski definition) is 7. The number of ether oxygens (including phenoxy) is 3. The van der Waals surface area contributed by atoms with E-state index in [1.807, 2.05) is 73.3 Å². The molecule has 2 atom stereocenters. The normalized spacial score (nSPS) is 12.3. The van der Waals surface area contributed by atoms with Crippen molar-refractivity contribution < 1.29 is 14.2 Å². The minimum atomic E-state index is -0.522. The van der Waals surface area contributed by atoms with Crippen molar-refractivity contribution in [2.75, 3.05) is 13.2 Å². The second-order valence-corrected chi connectivity index (χ2v) is 15.4. The first-order valence-corrected chi connectivity index (χ1v) is 22.0. The first-order chi connectivity index (χ1) is 29.1. The first-order valence-electron chi connectivity index (χ1n) is 22.0. The van der Waals surface area contributed by atoms with E-state index < -0.39 is 12.2 Å². The average Bonchev–Trinajstić information content (AvgIpc) is 3.29. The zero-order chi connectivity index (χ0) is 41.1. The lowest BCUT2D eigenvalue weighted by Crippen LogP contribution is -2.16. The SMILES string of the molecule is CCCCCCc1ccc(C(OC(c2ccc(CCCCCC)cc2)c2cnc(-c3ccc(OCCC)cc3)cn2)c2cnc(-c3ccc(OCCC)cc3)cn2)cc1. The molecule has 2 heterocycles. The van der Waals surface area contributed by atoms with Crippen LogP contribution >= 0.6 is 0 Å². The molecule has 2 aromatic heterocycles. The molecule has 0 aliphatic carbocycles. The Morgan fingerprint density at radius 2 is 0.814 bits per heavy atom. The zero-order valence-electron chi connectivity index (χ0n) is 35.6. The molecule has 0 spiro atoms. The van der Waals surface area contributed by atoms with Crippen LogP contribution in [0.3, 0.4) is 0 Å². The topological polar surface area (TPSA) is 79.2 Å². The standard InChI is InChI=1S/C52H62N4O3/c1-5-9-11-13-15-39-17-21-43(22-18-39)51(49-37-53-47(35-55-49)41-25-29-45(30-26-41)57-33-7-3)59-52(44-23-19-40(20-24-44)16-14-12-10-6-2)50-38-54-48(36-56-50)42-27-31-46(32-28-42)58-34-8-4/h17-32,35-38,51-52H,5-16,33-34H2,1-4H3. The second kappa shape index (κ2) is 23.3. The Bertz CT molecular complexity index is 1910. The van der Waals surface area contributed by atoms with Crippen LogP contribution in [0.5, 0.6) is 11.5 Å². The maximum Gasteiger partial charge on any atom is 0.127 e. The van der Waals surface area contributed by atoms with Gasteiger partial charge in [0.25, 0.3) is 0 Å². The van der Waals surface area contributed by atoms with Gasteiger partial charge in [-0.15, -0.1) is 0 Å². The third kappa shape index (κ3) is 12.8. The Morgan fingerprint density at radius 1 is 0.407 bits per heavy atom. The van der Waals surface area contributed by atoms with Crippen molar-refractivity contribution in [2.45, 2.75) is 117 Å². The van der Waals surface area contributed by atoms with E-state index in [2.05, 4.69) is 76.2 Å². The van der Waals surface area contributed by atoms with Crippen molar-refractivity contribution in [3.05, 3.63) is 155 Å². The molecule has 6 aromatic rings. The molecule has 0 amide bonds. The maximum absolute atomic E-state index is 7.26. The summed E-state index contributed by atoms with van der Waals surface area (Å²) in [6, 6.07) is 33.7. The molecule has 0 aliphatic rings. The van der Waals surface area contributed by atoms with Gasteiger partial charge in [-0.05, 0) is 109 Å². The Kier molecular flexibility index (Phi) is 17.0. The van der Waals surface area contributed by atoms with Crippen molar-refractivity contribution in [1.82, 2.24) is 19.9 Å². The van der Waals surface area contributed by atoms with Gasteiger partial charge in [-0.25, -0.2) is 0 Å². The molecule has 0 aliphatic heterocycles. The largest absolute Gasteiger partial charge is 0.494 e. The lowest BCUT2D eigenvalue weighted by molar-refractivity contribution is 0.0258. The van der Waals surface area contributed by atoms with E-state index in [0.29, 0.717) is 13.2 Å². The van der Waals surface area contributed by atoms with E-state index in [1.54, 1.807) is 0 Å². The summed E-state index contributed by atoms with van der Waals surface area (Å²) in [6.45, 7) is 10.1. The van der Waals surface area contributed by atoms with E-state index in [9.17, 15) is 0 Å². The molecule has 0 saturated heterocycles. The number of unbranched alkanes of at least 4 members (excludes halogenated alkanes) is 6. The van der Waals surface area contributed by atoms with Crippen molar-refractivity contribution in [3.8, 4) is 34.0 Å². The van der Waals surface area contributed by atoms with Crippen LogP contribution in [0.1, 0.15) is 138 Å². The summed E-state index contributed by atoms with van der Waals surface area (Å²) in [6.07, 6.45) is 20.3. The van der Waals surface area contributed by atoms with Crippen LogP contribution < -0.4 is 9.47 Å². The molecular weight excluding hydrogens is 729 g/mol. The Hall–Kier alpha value is -5.40. The molecule has 0 radical (unpaired) electrons. The fourth-order valence-corrected chi connectivity index (χ4v) is 7.13. The van der Waals surface area contributed by atoms with Crippen LogP contribution in [-0.4, -0.2) is 33.1 Å². The van der Waals surface area contributed by atoms with Gasteiger partial charge in [-0.1, -0.05) is 115 Å². The number of rotatable bonds is 24. The number of benzene rings is 4. The van der Waals surface area contributed by atoms with Crippen LogP contribution in [0, 0.1) is 0 Å². The predicted octanol–water partition coefficient (Wildman–Crippen LogP) is 13.3. The zero-order valence-corrected chi connectivity index (χ0v) is 35.6. The van der Waals surface area contributed by atoms with E-state index >= 15 is 0 Å². The third-order valence-electron chi connectivity index (χ3n) is 10.6. The van der Waals surface area contributed by atoms with Crippen LogP contribution in [-0.2, 0) is 17.6 Å². The summed E-state index contributed by atoms with van der Waals surface area (Å²) in [5.41, 5.74) is 9.64. The van der Waals surface area contributed by atoms with Crippen LogP contribution in [0.15, 0.2) is 122 Å². The molecule has 0 saturated carbocycles. The van der Waals surface area contributed by atoms with Gasteiger partial charge in [0, 0.05) is 11.1 Å². The molecule has 4 aromatic carbocycles. The monoisotopic (exact) mass is 790 g/mol. The third-order valence-corrected chi connectivity index (χ3v) is 10.6. The van der Waals surface area contributed by atoms with Crippen molar-refractivity contribution in [3.63, 3.8) is 0 Å². The van der Waals surface area contributed by atoms with Gasteiger partial charge in [0.2, 0.25) is 0 Å². The molecule has 0 N–H and O–H groups in total. The molecule has 59 heavy (non-hydrogen) atoms. The lowest BCUT2D eigenvalue weighted by atomic mass is 9.99. The van der Waals surface area contributed by atoms with Gasteiger partial charge in [0.05, 0.1) is 60.8 Å². The molecule has 6 rings (SSSR count). The number of nitrogens with zero attached hydrogens (tertiary/aromatic N) is 4. The first kappa shape index (κ1) is 43.2. The molecule has 0 bridgehead atoms. The second-order valence-electron chi connectivity index (χ2n) is 15.4. The molecule has 308 valence electrons. The average molecular weight is 791 g/mol. The van der Waals surface area contributed by atoms with Gasteiger partial charge in [0.15, 0.2) is 0 Å². The highest BCUT2D eigenvalue weighted by Crippen LogP contribution is 2.36. The van der Waals surface area contributed by atoms with Crippen molar-refractivity contribution >= 4 is 0 Å². The maximum atomic E-state index is 7.26. The number of hydrogen-bond donors (Lipinski definition) is 0. The molecule has 0 fully saturated rings. The summed E-state index contributed by atoms with van der Waals surface area (Å²) in [7, 11) is 0. The van der Waals surface area contributed by atoms with Gasteiger partial charge in [-0.3, -0.25) is 19.9 Å². The predicted molar refractivity (Wildman–Crippen MR) is 240 cm³/mol. The Morgan fingerprint density at radius 3 is 1.15 bits per heavy atom. The van der Waals surface area contributed by atoms with E-state index in [4.69, 9.17) is 34.1 Å². The molecule has 7 nitrogen and oxygen atoms in total. The number of aryl methyl sites for hydroxylation is 2. The highest BCUT2D eigenvalue weighted by Gasteiger charge is 2.26. The van der Waals surface area contributed by atoms with E-state index in [-0.39, 0.29) is 0 Å². The van der Waals surface area contributed by atoms with Gasteiger partial charge in [0.1, 0.15) is 23.7 Å². The van der Waals surface area contributed by atoms with E-state index in [1.165, 1.54) is 62.5 Å². The lowest BCUT2D eigenvalue weighted by Gasteiger charge is -2.25. The fourth-order valence-electron chi connectivity index (χ4n) is 7.13. The van der Waals surface area contributed by atoms with Crippen LogP contribution in [0.25, 0.3) is 22.5 Å². The molecule has 7 heteroatoms. The van der Waals surface area contributed by atoms with Crippen molar-refractivity contribution in [1.29, 1.82) is 0 Å². The molecule has 2 unspecified atom stereocenters. The highest BCUT2D eigenvalue weighted by atomic mass is 16.5. The minimum absolute atomic E-state index is 0.522. The fraction of sp³-hybridized carbons (Fsp3) is 0.385. The smallest absolute Gasteiger partial charge is 0.127 e. The number of aromatic nitrogens is 4. The van der Waals surface area contributed by atoms with Gasteiger partial charge < -0.3 is 14.2 Å². The summed E-state index contributed by atoms with van der Waals surface area (Å²) in [5, 5.41) is 0. The van der Waals surface area contributed by atoms with Gasteiger partial charge >= 0.3 is 0 Å². The summed E-state index contributed by atoms with van der Waals surface area (Å²) in [4.78, 5) is 19.9. The van der Waals surface area contributed by atoms with E-state index in [0.717, 1.165) is 82.2 Å². The Balaban J connectivity index is 1.32. The van der Waals surface area contributed by atoms with Crippen molar-refractivity contribution in [2.24, 2.45) is 0 Å². The summed E-state index contributed by atoms with van der Waals surface area (Å²) in [5.74, 6) is 1.70. The quantitative estimate of drug-likeness (QED) is 0.0565. The summed E-state index contributed by atoms with van der Waals surface area (Å²) < 4.78 is 18.9. The van der Waals surface area contributed by atoms with Crippen LogP contribution in [0.2, 0.25) is 0 Å². The highest BCUT2D eigenvalue weighted by molar-refractivity contribution is 5.60. The minimum Gasteiger partial charge on any atom is -0.494 e.